The van der Waals surface area contributed by atoms with Crippen molar-refractivity contribution in [2.75, 3.05) is 14.1 Å². The SMILES string of the molecule is Cc1cc(C[N+](C)(C)C2CCC(NC(=O)n3c(-c4ccnn4-c4ccc(C#N)cc4)c(C)n(-c4cccc(C(F)(F)F)c4)c3=O)CC2)no1.[Cl-]. The van der Waals surface area contributed by atoms with E-state index in [4.69, 9.17) is 4.52 Å². The molecule has 1 saturated carbocycles. The van der Waals surface area contributed by atoms with Gasteiger partial charge >= 0.3 is 17.9 Å². The molecule has 5 aromatic rings. The van der Waals surface area contributed by atoms with Crippen molar-refractivity contribution in [3.63, 3.8) is 0 Å². The Labute approximate surface area is 292 Å². The number of benzene rings is 2. The number of aromatic nitrogens is 5. The third-order valence-corrected chi connectivity index (χ3v) is 9.30. The lowest BCUT2D eigenvalue weighted by Crippen LogP contribution is -3.00. The Morgan fingerprint density at radius 1 is 1.04 bits per heavy atom. The van der Waals surface area contributed by atoms with Crippen molar-refractivity contribution in [3.05, 3.63) is 106 Å². The topological polar surface area (TPSA) is 124 Å². The number of quaternary nitrogens is 1. The number of carbonyl (C=O) groups excluding carboxylic acids is 1. The molecule has 1 aliphatic carbocycles. The summed E-state index contributed by atoms with van der Waals surface area (Å²) in [7, 11) is 4.30. The average Bonchev–Trinajstić information content (AvgIpc) is 3.77. The van der Waals surface area contributed by atoms with Gasteiger partial charge in [0.15, 0.2) is 0 Å². The zero-order valence-electron chi connectivity index (χ0n) is 27.9. The monoisotopic (exact) mass is 708 g/mol. The maximum atomic E-state index is 14.1. The first-order valence-electron chi connectivity index (χ1n) is 15.9. The fraction of sp³-hybridized carbons (Fsp3) is 0.343. The van der Waals surface area contributed by atoms with Crippen LogP contribution in [0, 0.1) is 25.2 Å². The van der Waals surface area contributed by atoms with Gasteiger partial charge in [-0.3, -0.25) is 4.57 Å². The number of rotatable bonds is 7. The third kappa shape index (κ3) is 7.10. The maximum Gasteiger partial charge on any atom is 0.416 e. The van der Waals surface area contributed by atoms with Crippen molar-refractivity contribution in [1.29, 1.82) is 5.26 Å². The van der Waals surface area contributed by atoms with Crippen LogP contribution in [-0.4, -0.2) is 60.8 Å². The molecule has 0 unspecified atom stereocenters. The molecule has 1 amide bonds. The van der Waals surface area contributed by atoms with E-state index in [1.54, 1.807) is 37.3 Å². The summed E-state index contributed by atoms with van der Waals surface area (Å²) in [5, 5.41) is 20.8. The Morgan fingerprint density at radius 3 is 2.36 bits per heavy atom. The zero-order valence-corrected chi connectivity index (χ0v) is 28.7. The first kappa shape index (κ1) is 36.2. The summed E-state index contributed by atoms with van der Waals surface area (Å²) in [5.41, 5.74) is 0.905. The minimum atomic E-state index is -4.63. The van der Waals surface area contributed by atoms with Gasteiger partial charge in [-0.1, -0.05) is 11.2 Å². The van der Waals surface area contributed by atoms with Crippen LogP contribution in [0.1, 0.15) is 54.0 Å². The third-order valence-electron chi connectivity index (χ3n) is 9.30. The highest BCUT2D eigenvalue weighted by molar-refractivity contribution is 5.83. The average molecular weight is 709 g/mol. The van der Waals surface area contributed by atoms with E-state index in [9.17, 15) is 28.0 Å². The van der Waals surface area contributed by atoms with Crippen LogP contribution < -0.4 is 23.4 Å². The number of amides is 1. The quantitative estimate of drug-likeness (QED) is 0.259. The van der Waals surface area contributed by atoms with Crippen molar-refractivity contribution in [3.8, 4) is 28.8 Å². The Morgan fingerprint density at radius 2 is 1.74 bits per heavy atom. The minimum Gasteiger partial charge on any atom is -1.00 e. The van der Waals surface area contributed by atoms with Gasteiger partial charge in [-0.05, 0) is 75.2 Å². The Balaban J connectivity index is 0.00000486. The molecule has 0 radical (unpaired) electrons. The normalized spacial score (nSPS) is 16.4. The lowest BCUT2D eigenvalue weighted by atomic mass is 9.89. The van der Waals surface area contributed by atoms with E-state index < -0.39 is 23.5 Å². The highest BCUT2D eigenvalue weighted by Gasteiger charge is 2.36. The number of alkyl halides is 3. The summed E-state index contributed by atoms with van der Waals surface area (Å²) in [5.74, 6) is 0.758. The smallest absolute Gasteiger partial charge is 0.416 e. The lowest BCUT2D eigenvalue weighted by Gasteiger charge is -2.41. The van der Waals surface area contributed by atoms with Crippen LogP contribution in [0.3, 0.4) is 0 Å². The van der Waals surface area contributed by atoms with Gasteiger partial charge in [-0.2, -0.15) is 23.5 Å². The lowest BCUT2D eigenvalue weighted by molar-refractivity contribution is -0.929. The van der Waals surface area contributed by atoms with Gasteiger partial charge in [-0.15, -0.1) is 0 Å². The van der Waals surface area contributed by atoms with Gasteiger partial charge in [0.05, 0.1) is 66.3 Å². The fourth-order valence-electron chi connectivity index (χ4n) is 6.78. The largest absolute Gasteiger partial charge is 1.00 e. The van der Waals surface area contributed by atoms with Crippen molar-refractivity contribution in [2.24, 2.45) is 0 Å². The van der Waals surface area contributed by atoms with Crippen LogP contribution in [0.15, 0.2) is 76.2 Å². The number of hydrogen-bond donors (Lipinski definition) is 1. The predicted octanol–water partition coefficient (Wildman–Crippen LogP) is 3.14. The number of aryl methyl sites for hydroxylation is 1. The van der Waals surface area contributed by atoms with E-state index >= 15 is 0 Å². The van der Waals surface area contributed by atoms with Gasteiger partial charge < -0.3 is 26.7 Å². The number of halogens is 4. The van der Waals surface area contributed by atoms with Gasteiger partial charge in [0.25, 0.3) is 0 Å². The second-order valence-corrected chi connectivity index (χ2v) is 13.0. The van der Waals surface area contributed by atoms with Crippen LogP contribution in [0.5, 0.6) is 0 Å². The molecule has 0 spiro atoms. The number of nitrogens with zero attached hydrogens (tertiary/aromatic N) is 7. The molecule has 3 heterocycles. The summed E-state index contributed by atoms with van der Waals surface area (Å²) < 4.78 is 50.6. The summed E-state index contributed by atoms with van der Waals surface area (Å²) in [6.45, 7) is 4.14. The number of imidazole rings is 1. The second kappa shape index (κ2) is 14.0. The Hall–Kier alpha value is -5.13. The molecule has 262 valence electrons. The summed E-state index contributed by atoms with van der Waals surface area (Å²) >= 11 is 0. The van der Waals surface area contributed by atoms with Crippen LogP contribution in [-0.2, 0) is 12.7 Å². The van der Waals surface area contributed by atoms with Gasteiger partial charge in [0, 0.05) is 24.9 Å². The number of hydrogen-bond acceptors (Lipinski definition) is 6. The number of nitriles is 1. The molecule has 1 N–H and O–H groups in total. The molecule has 1 fully saturated rings. The molecule has 0 atom stereocenters. The van der Waals surface area contributed by atoms with Crippen LogP contribution in [0.25, 0.3) is 22.8 Å². The van der Waals surface area contributed by atoms with E-state index in [0.29, 0.717) is 46.9 Å². The van der Waals surface area contributed by atoms with Crippen molar-refractivity contribution >= 4 is 6.03 Å². The summed E-state index contributed by atoms with van der Waals surface area (Å²) in [6.07, 6.45) is -0.126. The molecule has 3 aromatic heterocycles. The van der Waals surface area contributed by atoms with Crippen LogP contribution in [0.4, 0.5) is 18.0 Å². The molecule has 0 bridgehead atoms. The van der Waals surface area contributed by atoms with Crippen LogP contribution >= 0.6 is 0 Å². The Bertz CT molecular complexity index is 2100. The highest BCUT2D eigenvalue weighted by atomic mass is 35.5. The van der Waals surface area contributed by atoms with E-state index in [1.807, 2.05) is 13.0 Å². The molecule has 50 heavy (non-hydrogen) atoms. The molecule has 11 nitrogen and oxygen atoms in total. The van der Waals surface area contributed by atoms with E-state index in [1.165, 1.54) is 23.0 Å². The minimum absolute atomic E-state index is 0. The zero-order chi connectivity index (χ0) is 35.1. The number of nitrogens with one attached hydrogen (secondary N) is 1. The van der Waals surface area contributed by atoms with E-state index in [-0.39, 0.29) is 35.5 Å². The van der Waals surface area contributed by atoms with Gasteiger partial charge in [0.2, 0.25) is 0 Å². The molecular formula is C35H36ClF3N8O3. The molecule has 15 heteroatoms. The summed E-state index contributed by atoms with van der Waals surface area (Å²) in [6, 6.07) is 16.1. The van der Waals surface area contributed by atoms with Crippen molar-refractivity contribution in [1.82, 2.24) is 29.4 Å². The maximum absolute atomic E-state index is 14.1. The van der Waals surface area contributed by atoms with E-state index in [0.717, 1.165) is 45.6 Å². The number of carbonyl (C=O) groups is 1. The summed E-state index contributed by atoms with van der Waals surface area (Å²) in [4.78, 5) is 28.2. The molecule has 1 aliphatic rings. The fourth-order valence-corrected chi connectivity index (χ4v) is 6.78. The Kier molecular flexibility index (Phi) is 10.1. The van der Waals surface area contributed by atoms with Crippen molar-refractivity contribution < 1.29 is 39.4 Å². The molecule has 2 aromatic carbocycles. The molecular weight excluding hydrogens is 673 g/mol. The highest BCUT2D eigenvalue weighted by Crippen LogP contribution is 2.33. The first-order chi connectivity index (χ1) is 23.3. The predicted molar refractivity (Wildman–Crippen MR) is 174 cm³/mol. The van der Waals surface area contributed by atoms with Gasteiger partial charge in [0.1, 0.15) is 23.7 Å². The molecule has 0 aliphatic heterocycles. The van der Waals surface area contributed by atoms with Gasteiger partial charge in [-0.25, -0.2) is 18.8 Å². The van der Waals surface area contributed by atoms with Crippen LogP contribution in [0.2, 0.25) is 0 Å². The van der Waals surface area contributed by atoms with E-state index in [2.05, 4.69) is 35.7 Å². The molecule has 6 rings (SSSR count). The second-order valence-electron chi connectivity index (χ2n) is 13.0. The molecule has 0 saturated heterocycles. The first-order valence-corrected chi connectivity index (χ1v) is 15.9. The van der Waals surface area contributed by atoms with Crippen molar-refractivity contribution in [2.45, 2.75) is 64.3 Å². The standard InChI is InChI=1S/C35H35F3N8O3.ClH/c1-22-18-27(42-49-22)21-46(3,4)30-14-10-26(11-15-30)41-33(47)44-32(31-16-17-40-45(31)28-12-8-24(20-39)9-13-28)23(2)43(34(44)48)29-7-5-6-25(19-29)35(36,37)38;/h5-9,12-13,16-19,26,30H,10-11,14-15,21H2,1-4H3;1H.